The molecule has 76 valence electrons. The van der Waals surface area contributed by atoms with E-state index in [2.05, 4.69) is 22.5 Å². The fraction of sp³-hybridized carbons (Fsp3) is 0.273. The third-order valence-corrected chi connectivity index (χ3v) is 2.70. The largest absolute Gasteiger partial charge is 0.496 e. The molecule has 0 saturated carbocycles. The molecule has 1 aromatic rings. The van der Waals surface area contributed by atoms with E-state index in [1.807, 2.05) is 0 Å². The van der Waals surface area contributed by atoms with Crippen LogP contribution in [0, 0.1) is 12.7 Å². The molecule has 0 atom stereocenters. The van der Waals surface area contributed by atoms with Gasteiger partial charge in [0.05, 0.1) is 7.11 Å². The Bertz CT molecular complexity index is 361. The summed E-state index contributed by atoms with van der Waals surface area (Å²) < 4.78 is 18.4. The number of methoxy groups -OCH3 is 1. The smallest absolute Gasteiger partial charge is 0.126 e. The fourth-order valence-electron chi connectivity index (χ4n) is 1.17. The summed E-state index contributed by atoms with van der Waals surface area (Å²) >= 11 is 3.28. The second kappa shape index (κ2) is 4.60. The molecule has 0 heterocycles. The Balaban J connectivity index is 3.27. The molecule has 1 rings (SSSR count). The minimum Gasteiger partial charge on any atom is -0.496 e. The minimum atomic E-state index is -0.233. The number of alkyl halides is 1. The highest BCUT2D eigenvalue weighted by Crippen LogP contribution is 2.28. The van der Waals surface area contributed by atoms with Crippen LogP contribution in [0.15, 0.2) is 18.7 Å². The van der Waals surface area contributed by atoms with E-state index in [1.54, 1.807) is 20.1 Å². The maximum absolute atomic E-state index is 13.3. The highest BCUT2D eigenvalue weighted by Gasteiger charge is 2.09. The number of benzene rings is 1. The zero-order valence-corrected chi connectivity index (χ0v) is 9.82. The van der Waals surface area contributed by atoms with Crippen LogP contribution in [0.3, 0.4) is 0 Å². The van der Waals surface area contributed by atoms with Gasteiger partial charge in [-0.15, -0.1) is 0 Å². The Hall–Kier alpha value is -0.830. The molecule has 0 radical (unpaired) electrons. The van der Waals surface area contributed by atoms with E-state index < -0.39 is 0 Å². The van der Waals surface area contributed by atoms with E-state index in [9.17, 15) is 4.39 Å². The van der Waals surface area contributed by atoms with Crippen LogP contribution in [-0.2, 0) is 0 Å². The van der Waals surface area contributed by atoms with Crippen molar-refractivity contribution >= 4 is 21.5 Å². The molecule has 1 nitrogen and oxygen atoms in total. The Kier molecular flexibility index (Phi) is 3.69. The minimum absolute atomic E-state index is 0.233. The summed E-state index contributed by atoms with van der Waals surface area (Å²) in [4.78, 5) is 0. The number of halogens is 2. The zero-order chi connectivity index (χ0) is 10.7. The first-order chi connectivity index (χ1) is 6.60. The predicted molar refractivity (Wildman–Crippen MR) is 60.5 cm³/mol. The van der Waals surface area contributed by atoms with Crippen molar-refractivity contribution in [3.63, 3.8) is 0 Å². The third-order valence-electron chi connectivity index (χ3n) is 2.02. The van der Waals surface area contributed by atoms with Crippen molar-refractivity contribution in [1.29, 1.82) is 0 Å². The van der Waals surface area contributed by atoms with E-state index in [0.717, 1.165) is 5.57 Å². The average Bonchev–Trinajstić information content (AvgIpc) is 2.20. The molecule has 0 N–H and O–H groups in total. The van der Waals surface area contributed by atoms with Gasteiger partial charge in [0.2, 0.25) is 0 Å². The molecule has 0 aliphatic rings. The van der Waals surface area contributed by atoms with Crippen LogP contribution in [0.25, 0.3) is 5.57 Å². The van der Waals surface area contributed by atoms with Crippen LogP contribution < -0.4 is 4.74 Å². The normalized spacial score (nSPS) is 10.0. The van der Waals surface area contributed by atoms with Crippen LogP contribution in [0.2, 0.25) is 0 Å². The van der Waals surface area contributed by atoms with Gasteiger partial charge < -0.3 is 4.74 Å². The topological polar surface area (TPSA) is 9.23 Å². The van der Waals surface area contributed by atoms with Gasteiger partial charge in [0.1, 0.15) is 11.6 Å². The van der Waals surface area contributed by atoms with E-state index in [1.165, 1.54) is 6.07 Å². The lowest BCUT2D eigenvalue weighted by Gasteiger charge is -2.10. The molecule has 1 aromatic carbocycles. The van der Waals surface area contributed by atoms with Crippen LogP contribution in [0.4, 0.5) is 4.39 Å². The number of hydrogen-bond donors (Lipinski definition) is 0. The molecule has 0 unspecified atom stereocenters. The second-order valence-corrected chi connectivity index (χ2v) is 3.60. The first-order valence-electron chi connectivity index (χ1n) is 4.18. The molecule has 0 aromatic heterocycles. The summed E-state index contributed by atoms with van der Waals surface area (Å²) in [5.74, 6) is 0.427. The Labute approximate surface area is 91.7 Å². The van der Waals surface area contributed by atoms with Crippen LogP contribution in [-0.4, -0.2) is 12.4 Å². The maximum Gasteiger partial charge on any atom is 0.126 e. The molecule has 0 bridgehead atoms. The van der Waals surface area contributed by atoms with Gasteiger partial charge in [0, 0.05) is 10.9 Å². The molecule has 0 aliphatic heterocycles. The standard InChI is InChI=1S/C11H12BrFO/c1-7-4-11(14-3)9(5-10(7)13)8(2)6-12/h4-5H,2,6H2,1,3H3. The van der Waals surface area contributed by atoms with Crippen molar-refractivity contribution in [3.8, 4) is 5.75 Å². The fourth-order valence-corrected chi connectivity index (χ4v) is 1.47. The lowest BCUT2D eigenvalue weighted by molar-refractivity contribution is 0.412. The van der Waals surface area contributed by atoms with Crippen molar-refractivity contribution in [2.24, 2.45) is 0 Å². The molecule has 0 spiro atoms. The number of aryl methyl sites for hydroxylation is 1. The first-order valence-corrected chi connectivity index (χ1v) is 5.30. The van der Waals surface area contributed by atoms with E-state index in [4.69, 9.17) is 4.74 Å². The Morgan fingerprint density at radius 2 is 2.21 bits per heavy atom. The third kappa shape index (κ3) is 2.15. The average molecular weight is 259 g/mol. The number of rotatable bonds is 3. The first kappa shape index (κ1) is 11.2. The number of hydrogen-bond acceptors (Lipinski definition) is 1. The van der Waals surface area contributed by atoms with Crippen molar-refractivity contribution in [3.05, 3.63) is 35.7 Å². The van der Waals surface area contributed by atoms with Gasteiger partial charge in [-0.3, -0.25) is 0 Å². The Morgan fingerprint density at radius 3 is 2.71 bits per heavy atom. The van der Waals surface area contributed by atoms with Crippen LogP contribution in [0.1, 0.15) is 11.1 Å². The summed E-state index contributed by atoms with van der Waals surface area (Å²) in [5.41, 5.74) is 2.10. The van der Waals surface area contributed by atoms with Crippen LogP contribution >= 0.6 is 15.9 Å². The summed E-state index contributed by atoms with van der Waals surface area (Å²) in [6.07, 6.45) is 0. The van der Waals surface area contributed by atoms with Gasteiger partial charge in [0.25, 0.3) is 0 Å². The van der Waals surface area contributed by atoms with E-state index in [-0.39, 0.29) is 5.82 Å². The zero-order valence-electron chi connectivity index (χ0n) is 8.23. The maximum atomic E-state index is 13.3. The molecule has 0 fully saturated rings. The summed E-state index contributed by atoms with van der Waals surface area (Å²) in [6.45, 7) is 5.54. The van der Waals surface area contributed by atoms with Crippen molar-refractivity contribution in [2.75, 3.05) is 12.4 Å². The van der Waals surface area contributed by atoms with Gasteiger partial charge in [-0.25, -0.2) is 4.39 Å². The number of allylic oxidation sites excluding steroid dienone is 1. The van der Waals surface area contributed by atoms with Gasteiger partial charge in [-0.1, -0.05) is 22.5 Å². The SMILES string of the molecule is C=C(CBr)c1cc(F)c(C)cc1OC. The monoisotopic (exact) mass is 258 g/mol. The summed E-state index contributed by atoms with van der Waals surface area (Å²) in [6, 6.07) is 3.14. The van der Waals surface area contributed by atoms with Crippen molar-refractivity contribution in [1.82, 2.24) is 0 Å². The van der Waals surface area contributed by atoms with Gasteiger partial charge >= 0.3 is 0 Å². The second-order valence-electron chi connectivity index (χ2n) is 3.04. The van der Waals surface area contributed by atoms with Crippen molar-refractivity contribution < 1.29 is 9.13 Å². The van der Waals surface area contributed by atoms with Crippen molar-refractivity contribution in [2.45, 2.75) is 6.92 Å². The molecule has 3 heteroatoms. The molecule has 0 saturated heterocycles. The van der Waals surface area contributed by atoms with Crippen LogP contribution in [0.5, 0.6) is 5.75 Å². The van der Waals surface area contributed by atoms with Gasteiger partial charge in [0.15, 0.2) is 0 Å². The highest BCUT2D eigenvalue weighted by atomic mass is 79.9. The summed E-state index contributed by atoms with van der Waals surface area (Å²) in [5, 5.41) is 0.603. The van der Waals surface area contributed by atoms with Gasteiger partial charge in [-0.2, -0.15) is 0 Å². The quantitative estimate of drug-likeness (QED) is 0.754. The molecule has 0 amide bonds. The molecular weight excluding hydrogens is 247 g/mol. The molecule has 0 aliphatic carbocycles. The van der Waals surface area contributed by atoms with Gasteiger partial charge in [-0.05, 0) is 30.2 Å². The summed E-state index contributed by atoms with van der Waals surface area (Å²) in [7, 11) is 1.57. The van der Waals surface area contributed by atoms with E-state index in [0.29, 0.717) is 22.2 Å². The highest BCUT2D eigenvalue weighted by molar-refractivity contribution is 9.09. The molecule has 14 heavy (non-hydrogen) atoms. The molecular formula is C11H12BrFO. The van der Waals surface area contributed by atoms with E-state index >= 15 is 0 Å². The lowest BCUT2D eigenvalue weighted by atomic mass is 10.1. The lowest BCUT2D eigenvalue weighted by Crippen LogP contribution is -1.95. The Morgan fingerprint density at radius 1 is 1.57 bits per heavy atom. The predicted octanol–water partition coefficient (Wildman–Crippen LogP) is 3.55. The number of ether oxygens (including phenoxy) is 1.